The van der Waals surface area contributed by atoms with Crippen LogP contribution in [0, 0.1) is 5.92 Å². The van der Waals surface area contributed by atoms with Crippen LogP contribution in [0.25, 0.3) is 0 Å². The molecule has 0 unspecified atom stereocenters. The molecular formula is C17H28N2S2. The monoisotopic (exact) mass is 324 g/mol. The van der Waals surface area contributed by atoms with Crippen molar-refractivity contribution in [1.29, 1.82) is 0 Å². The zero-order chi connectivity index (χ0) is 15.3. The fraction of sp³-hybridized carbons (Fsp3) is 0.647. The van der Waals surface area contributed by atoms with Crippen LogP contribution in [0.2, 0.25) is 0 Å². The van der Waals surface area contributed by atoms with Gasteiger partial charge in [0.05, 0.1) is 0 Å². The van der Waals surface area contributed by atoms with Crippen LogP contribution in [-0.4, -0.2) is 17.3 Å². The zero-order valence-corrected chi connectivity index (χ0v) is 15.1. The van der Waals surface area contributed by atoms with E-state index in [1.165, 1.54) is 31.4 Å². The zero-order valence-electron chi connectivity index (χ0n) is 13.4. The molecule has 4 heteroatoms. The fourth-order valence-corrected chi connectivity index (χ4v) is 3.49. The molecule has 1 aliphatic carbocycles. The number of hydrogen-bond donors (Lipinski definition) is 3. The molecule has 0 atom stereocenters. The van der Waals surface area contributed by atoms with E-state index in [1.807, 2.05) is 24.1 Å². The van der Waals surface area contributed by atoms with Crippen molar-refractivity contribution in [2.24, 2.45) is 5.92 Å². The number of thiol groups is 1. The Hall–Kier alpha value is -0.320. The Bertz CT molecular complexity index is 417. The molecular weight excluding hydrogens is 296 g/mol. The Morgan fingerprint density at radius 2 is 1.71 bits per heavy atom. The first kappa shape index (κ1) is 17.0. The molecule has 21 heavy (non-hydrogen) atoms. The molecule has 2 nitrogen and oxygen atoms in total. The molecule has 0 bridgehead atoms. The molecule has 0 saturated heterocycles. The van der Waals surface area contributed by atoms with Crippen molar-refractivity contribution in [2.45, 2.75) is 62.1 Å². The normalized spacial score (nSPS) is 23.0. The standard InChI is InChI=1S/C17H28N2S2/c1-17(2,3)21-19-15-6-4-13(5-7-15)12-18-14-8-10-16(20)11-9-14/h8-11,13,15,18-20H,4-7,12H2,1-3H3/t13-,15-. The van der Waals surface area contributed by atoms with Crippen LogP contribution in [0.5, 0.6) is 0 Å². The summed E-state index contributed by atoms with van der Waals surface area (Å²) in [7, 11) is 0. The summed E-state index contributed by atoms with van der Waals surface area (Å²) in [6.45, 7) is 7.87. The molecule has 118 valence electrons. The second-order valence-corrected chi connectivity index (χ2v) is 9.16. The molecule has 0 aliphatic heterocycles. The van der Waals surface area contributed by atoms with E-state index in [1.54, 1.807) is 0 Å². The van der Waals surface area contributed by atoms with E-state index in [0.29, 0.717) is 10.8 Å². The third-order valence-electron chi connectivity index (χ3n) is 3.84. The van der Waals surface area contributed by atoms with Crippen LogP contribution in [0.15, 0.2) is 29.2 Å². The van der Waals surface area contributed by atoms with Crippen LogP contribution in [-0.2, 0) is 0 Å². The lowest BCUT2D eigenvalue weighted by Gasteiger charge is -2.31. The second kappa shape index (κ2) is 7.80. The second-order valence-electron chi connectivity index (χ2n) is 6.98. The first-order chi connectivity index (χ1) is 9.92. The van der Waals surface area contributed by atoms with E-state index >= 15 is 0 Å². The number of benzene rings is 1. The summed E-state index contributed by atoms with van der Waals surface area (Å²) in [4.78, 5) is 1.02. The Balaban J connectivity index is 1.66. The van der Waals surface area contributed by atoms with Crippen molar-refractivity contribution in [3.8, 4) is 0 Å². The van der Waals surface area contributed by atoms with Gasteiger partial charge in [0.1, 0.15) is 0 Å². The highest BCUT2D eigenvalue weighted by Gasteiger charge is 2.22. The van der Waals surface area contributed by atoms with Gasteiger partial charge in [-0.05, 0) is 76.6 Å². The van der Waals surface area contributed by atoms with Gasteiger partial charge in [-0.25, -0.2) is 0 Å². The van der Waals surface area contributed by atoms with Crippen molar-refractivity contribution in [1.82, 2.24) is 4.72 Å². The van der Waals surface area contributed by atoms with Gasteiger partial charge < -0.3 is 5.32 Å². The highest BCUT2D eigenvalue weighted by atomic mass is 32.2. The maximum absolute atomic E-state index is 4.31. The summed E-state index contributed by atoms with van der Waals surface area (Å²) in [5.41, 5.74) is 1.20. The molecule has 1 aliphatic rings. The van der Waals surface area contributed by atoms with E-state index in [2.05, 4.69) is 55.6 Å². The largest absolute Gasteiger partial charge is 0.385 e. The van der Waals surface area contributed by atoms with E-state index in [4.69, 9.17) is 0 Å². The minimum atomic E-state index is 0.303. The number of rotatable bonds is 5. The lowest BCUT2D eigenvalue weighted by atomic mass is 9.86. The van der Waals surface area contributed by atoms with Crippen LogP contribution in [0.1, 0.15) is 46.5 Å². The third-order valence-corrected chi connectivity index (χ3v) is 5.20. The minimum Gasteiger partial charge on any atom is -0.385 e. The SMILES string of the molecule is CC(C)(C)SN[C@H]1CC[C@H](CNc2ccc(S)cc2)CC1. The predicted molar refractivity (Wildman–Crippen MR) is 98.4 cm³/mol. The van der Waals surface area contributed by atoms with Gasteiger partial charge >= 0.3 is 0 Å². The third kappa shape index (κ3) is 6.54. The minimum absolute atomic E-state index is 0.303. The molecule has 0 radical (unpaired) electrons. The van der Waals surface area contributed by atoms with Crippen LogP contribution < -0.4 is 10.0 Å². The van der Waals surface area contributed by atoms with E-state index in [9.17, 15) is 0 Å². The van der Waals surface area contributed by atoms with E-state index in [-0.39, 0.29) is 0 Å². The summed E-state index contributed by atoms with van der Waals surface area (Å²) in [5, 5.41) is 3.55. The van der Waals surface area contributed by atoms with Crippen molar-refractivity contribution in [2.75, 3.05) is 11.9 Å². The number of nitrogens with one attached hydrogen (secondary N) is 2. The Morgan fingerprint density at radius 3 is 2.29 bits per heavy atom. The molecule has 2 N–H and O–H groups in total. The topological polar surface area (TPSA) is 24.1 Å². The van der Waals surface area contributed by atoms with Gasteiger partial charge in [0.15, 0.2) is 0 Å². The lowest BCUT2D eigenvalue weighted by Crippen LogP contribution is -2.33. The number of hydrogen-bond acceptors (Lipinski definition) is 4. The van der Waals surface area contributed by atoms with Gasteiger partial charge in [-0.2, -0.15) is 0 Å². The van der Waals surface area contributed by atoms with Crippen LogP contribution in [0.4, 0.5) is 5.69 Å². The molecule has 1 fully saturated rings. The van der Waals surface area contributed by atoms with Gasteiger partial charge in [0.25, 0.3) is 0 Å². The van der Waals surface area contributed by atoms with Crippen molar-refractivity contribution < 1.29 is 0 Å². The molecule has 0 spiro atoms. The van der Waals surface area contributed by atoms with Gasteiger partial charge in [0.2, 0.25) is 0 Å². The summed E-state index contributed by atoms with van der Waals surface area (Å²) >= 11 is 6.19. The van der Waals surface area contributed by atoms with Gasteiger partial charge in [-0.1, -0.05) is 11.9 Å². The Labute approximate surface area is 139 Å². The quantitative estimate of drug-likeness (QED) is 0.526. The smallest absolute Gasteiger partial charge is 0.0341 e. The van der Waals surface area contributed by atoms with Gasteiger partial charge in [-0.3, -0.25) is 4.72 Å². The highest BCUT2D eigenvalue weighted by molar-refractivity contribution is 7.98. The maximum atomic E-state index is 4.31. The summed E-state index contributed by atoms with van der Waals surface area (Å²) in [6.07, 6.45) is 5.23. The van der Waals surface area contributed by atoms with Crippen LogP contribution >= 0.6 is 24.6 Å². The maximum Gasteiger partial charge on any atom is 0.0341 e. The Kier molecular flexibility index (Phi) is 6.33. The summed E-state index contributed by atoms with van der Waals surface area (Å²) in [6, 6.07) is 8.98. The fourth-order valence-electron chi connectivity index (χ4n) is 2.59. The van der Waals surface area contributed by atoms with Crippen molar-refractivity contribution >= 4 is 30.3 Å². The van der Waals surface area contributed by atoms with E-state index in [0.717, 1.165) is 17.4 Å². The molecule has 0 amide bonds. The lowest BCUT2D eigenvalue weighted by molar-refractivity contribution is 0.328. The van der Waals surface area contributed by atoms with Crippen LogP contribution in [0.3, 0.4) is 0 Å². The van der Waals surface area contributed by atoms with Gasteiger partial charge in [-0.15, -0.1) is 12.6 Å². The highest BCUT2D eigenvalue weighted by Crippen LogP contribution is 2.28. The van der Waals surface area contributed by atoms with Crippen molar-refractivity contribution in [3.63, 3.8) is 0 Å². The van der Waals surface area contributed by atoms with Crippen molar-refractivity contribution in [3.05, 3.63) is 24.3 Å². The first-order valence-electron chi connectivity index (χ1n) is 7.89. The Morgan fingerprint density at radius 1 is 1.10 bits per heavy atom. The van der Waals surface area contributed by atoms with Gasteiger partial charge in [0, 0.05) is 27.9 Å². The molecule has 1 saturated carbocycles. The van der Waals surface area contributed by atoms with E-state index < -0.39 is 0 Å². The molecule has 2 rings (SSSR count). The predicted octanol–water partition coefficient (Wildman–Crippen LogP) is 4.98. The number of anilines is 1. The molecule has 1 aromatic rings. The average molecular weight is 325 g/mol. The average Bonchev–Trinajstić information content (AvgIpc) is 2.45. The molecule has 0 heterocycles. The molecule has 0 aromatic heterocycles. The summed E-state index contributed by atoms with van der Waals surface area (Å²) in [5.74, 6) is 0.804. The summed E-state index contributed by atoms with van der Waals surface area (Å²) < 4.78 is 3.95. The molecule has 1 aromatic carbocycles. The first-order valence-corrected chi connectivity index (χ1v) is 9.15.